The maximum absolute atomic E-state index is 12.2. The van der Waals surface area contributed by atoms with Crippen LogP contribution in [0.4, 0.5) is 5.69 Å². The van der Waals surface area contributed by atoms with Gasteiger partial charge in [-0.2, -0.15) is 0 Å². The second-order valence-electron chi connectivity index (χ2n) is 5.47. The number of ether oxygens (including phenoxy) is 1. The number of anilines is 1. The van der Waals surface area contributed by atoms with Crippen LogP contribution in [0.15, 0.2) is 48.5 Å². The summed E-state index contributed by atoms with van der Waals surface area (Å²) in [6, 6.07) is 12.0. The van der Waals surface area contributed by atoms with E-state index in [0.717, 1.165) is 5.56 Å². The standard InChI is InChI=1S/C19H18Cl2N2O3/c1-23(19(25)10-5-13-3-6-14(20)7-4-13)12-18(24)22-16-11-15(21)8-9-17(16)26-2/h3-11H,12H2,1-2H3,(H,22,24)/b10-5+. The molecule has 0 atom stereocenters. The molecule has 0 bridgehead atoms. The molecule has 5 nitrogen and oxygen atoms in total. The number of nitrogens with one attached hydrogen (secondary N) is 1. The summed E-state index contributed by atoms with van der Waals surface area (Å²) >= 11 is 11.8. The summed E-state index contributed by atoms with van der Waals surface area (Å²) in [5, 5.41) is 3.78. The third-order valence-electron chi connectivity index (χ3n) is 3.48. The van der Waals surface area contributed by atoms with Gasteiger partial charge in [0.25, 0.3) is 0 Å². The van der Waals surface area contributed by atoms with E-state index in [0.29, 0.717) is 21.5 Å². The van der Waals surface area contributed by atoms with E-state index in [1.165, 1.54) is 18.1 Å². The highest BCUT2D eigenvalue weighted by Crippen LogP contribution is 2.27. The highest BCUT2D eigenvalue weighted by atomic mass is 35.5. The van der Waals surface area contributed by atoms with Crippen LogP contribution in [0, 0.1) is 0 Å². The van der Waals surface area contributed by atoms with E-state index in [-0.39, 0.29) is 18.4 Å². The van der Waals surface area contributed by atoms with Crippen molar-refractivity contribution in [1.82, 2.24) is 4.90 Å². The fourth-order valence-corrected chi connectivity index (χ4v) is 2.43. The molecule has 0 aromatic heterocycles. The normalized spacial score (nSPS) is 10.6. The molecular weight excluding hydrogens is 375 g/mol. The largest absolute Gasteiger partial charge is 0.495 e. The van der Waals surface area contributed by atoms with Crippen LogP contribution >= 0.6 is 23.2 Å². The molecule has 2 aromatic rings. The van der Waals surface area contributed by atoms with Gasteiger partial charge in [0.05, 0.1) is 19.3 Å². The van der Waals surface area contributed by atoms with Gasteiger partial charge in [0.2, 0.25) is 11.8 Å². The first-order valence-corrected chi connectivity index (χ1v) is 8.47. The maximum atomic E-state index is 12.2. The quantitative estimate of drug-likeness (QED) is 0.752. The zero-order valence-corrected chi connectivity index (χ0v) is 15.8. The van der Waals surface area contributed by atoms with Crippen molar-refractivity contribution in [1.29, 1.82) is 0 Å². The highest BCUT2D eigenvalue weighted by Gasteiger charge is 2.13. The number of carbonyl (C=O) groups is 2. The molecule has 0 fully saturated rings. The summed E-state index contributed by atoms with van der Waals surface area (Å²) in [6.45, 7) is -0.112. The van der Waals surface area contributed by atoms with Crippen LogP contribution in [0.5, 0.6) is 5.75 Å². The minimum absolute atomic E-state index is 0.112. The van der Waals surface area contributed by atoms with Gasteiger partial charge in [-0.05, 0) is 42.0 Å². The van der Waals surface area contributed by atoms with Gasteiger partial charge in [-0.25, -0.2) is 0 Å². The second kappa shape index (κ2) is 9.27. The van der Waals surface area contributed by atoms with Crippen molar-refractivity contribution < 1.29 is 14.3 Å². The fraction of sp³-hybridized carbons (Fsp3) is 0.158. The Morgan fingerprint density at radius 2 is 1.77 bits per heavy atom. The lowest BCUT2D eigenvalue weighted by molar-refractivity contribution is -0.129. The number of halogens is 2. The van der Waals surface area contributed by atoms with Crippen LogP contribution in [0.3, 0.4) is 0 Å². The van der Waals surface area contributed by atoms with E-state index in [9.17, 15) is 9.59 Å². The summed E-state index contributed by atoms with van der Waals surface area (Å²) in [5.41, 5.74) is 1.28. The average Bonchev–Trinajstić information content (AvgIpc) is 2.61. The summed E-state index contributed by atoms with van der Waals surface area (Å²) < 4.78 is 5.18. The lowest BCUT2D eigenvalue weighted by Gasteiger charge is -2.16. The third kappa shape index (κ3) is 5.79. The Balaban J connectivity index is 1.95. The van der Waals surface area contributed by atoms with Crippen LogP contribution < -0.4 is 10.1 Å². The second-order valence-corrected chi connectivity index (χ2v) is 6.34. The predicted octanol–water partition coefficient (Wildman–Crippen LogP) is 4.11. The van der Waals surface area contributed by atoms with E-state index < -0.39 is 0 Å². The summed E-state index contributed by atoms with van der Waals surface area (Å²) in [6.07, 6.45) is 3.06. The van der Waals surface area contributed by atoms with Gasteiger partial charge in [0, 0.05) is 23.2 Å². The Kier molecular flexibility index (Phi) is 7.06. The van der Waals surface area contributed by atoms with Crippen molar-refractivity contribution in [3.05, 3.63) is 64.1 Å². The number of amides is 2. The molecule has 0 saturated heterocycles. The van der Waals surface area contributed by atoms with Crippen molar-refractivity contribution >= 4 is 46.8 Å². The molecule has 136 valence electrons. The van der Waals surface area contributed by atoms with Crippen LogP contribution in [0.2, 0.25) is 10.0 Å². The first kappa shape index (κ1) is 19.8. The number of nitrogens with zero attached hydrogens (tertiary/aromatic N) is 1. The lowest BCUT2D eigenvalue weighted by Crippen LogP contribution is -2.33. The number of likely N-dealkylation sites (N-methyl/N-ethyl adjacent to an activating group) is 1. The Morgan fingerprint density at radius 1 is 1.12 bits per heavy atom. The zero-order valence-electron chi connectivity index (χ0n) is 14.3. The van der Waals surface area contributed by atoms with Crippen molar-refractivity contribution in [3.63, 3.8) is 0 Å². The molecule has 0 aliphatic heterocycles. The SMILES string of the molecule is COc1ccc(Cl)cc1NC(=O)CN(C)C(=O)/C=C/c1ccc(Cl)cc1. The molecule has 1 N–H and O–H groups in total. The first-order chi connectivity index (χ1) is 12.4. The minimum atomic E-state index is -0.360. The number of carbonyl (C=O) groups excluding carboxylic acids is 2. The Bertz CT molecular complexity index is 820. The fourth-order valence-electron chi connectivity index (χ4n) is 2.13. The van der Waals surface area contributed by atoms with Gasteiger partial charge in [0.1, 0.15) is 5.75 Å². The average molecular weight is 393 g/mol. The Labute approximate surface area is 162 Å². The first-order valence-electron chi connectivity index (χ1n) is 7.71. The zero-order chi connectivity index (χ0) is 19.1. The van der Waals surface area contributed by atoms with Gasteiger partial charge >= 0.3 is 0 Å². The minimum Gasteiger partial charge on any atom is -0.495 e. The van der Waals surface area contributed by atoms with Crippen molar-refractivity contribution in [2.75, 3.05) is 26.0 Å². The van der Waals surface area contributed by atoms with Gasteiger partial charge < -0.3 is 15.0 Å². The van der Waals surface area contributed by atoms with Crippen molar-refractivity contribution in [2.24, 2.45) is 0 Å². The molecule has 0 spiro atoms. The number of hydrogen-bond donors (Lipinski definition) is 1. The molecule has 0 radical (unpaired) electrons. The van der Waals surface area contributed by atoms with Crippen LogP contribution in [-0.2, 0) is 9.59 Å². The van der Waals surface area contributed by atoms with E-state index in [1.54, 1.807) is 55.6 Å². The molecule has 2 amide bonds. The van der Waals surface area contributed by atoms with Crippen molar-refractivity contribution in [3.8, 4) is 5.75 Å². The highest BCUT2D eigenvalue weighted by molar-refractivity contribution is 6.31. The third-order valence-corrected chi connectivity index (χ3v) is 3.97. The molecule has 0 aliphatic rings. The van der Waals surface area contributed by atoms with Gasteiger partial charge in [0.15, 0.2) is 0 Å². The van der Waals surface area contributed by atoms with Gasteiger partial charge in [-0.15, -0.1) is 0 Å². The predicted molar refractivity (Wildman–Crippen MR) is 105 cm³/mol. The number of rotatable bonds is 6. The Hall–Kier alpha value is -2.50. The number of hydrogen-bond acceptors (Lipinski definition) is 3. The lowest BCUT2D eigenvalue weighted by atomic mass is 10.2. The van der Waals surface area contributed by atoms with E-state index in [2.05, 4.69) is 5.32 Å². The summed E-state index contributed by atoms with van der Waals surface area (Å²) in [5.74, 6) is -0.172. The molecular formula is C19H18Cl2N2O3. The molecule has 0 saturated carbocycles. The molecule has 26 heavy (non-hydrogen) atoms. The van der Waals surface area contributed by atoms with Crippen LogP contribution in [-0.4, -0.2) is 37.4 Å². The van der Waals surface area contributed by atoms with E-state index in [4.69, 9.17) is 27.9 Å². The van der Waals surface area contributed by atoms with Gasteiger partial charge in [-0.1, -0.05) is 35.3 Å². The molecule has 2 aromatic carbocycles. The van der Waals surface area contributed by atoms with Gasteiger partial charge in [-0.3, -0.25) is 9.59 Å². The van der Waals surface area contributed by atoms with Crippen LogP contribution in [0.25, 0.3) is 6.08 Å². The topological polar surface area (TPSA) is 58.6 Å². The molecule has 0 aliphatic carbocycles. The molecule has 7 heteroatoms. The summed E-state index contributed by atoms with van der Waals surface area (Å²) in [4.78, 5) is 25.6. The molecule has 0 heterocycles. The smallest absolute Gasteiger partial charge is 0.246 e. The van der Waals surface area contributed by atoms with E-state index in [1.807, 2.05) is 0 Å². The summed E-state index contributed by atoms with van der Waals surface area (Å²) in [7, 11) is 3.04. The number of methoxy groups -OCH3 is 1. The number of benzene rings is 2. The molecule has 2 rings (SSSR count). The maximum Gasteiger partial charge on any atom is 0.246 e. The van der Waals surface area contributed by atoms with E-state index >= 15 is 0 Å². The monoisotopic (exact) mass is 392 g/mol. The molecule has 0 unspecified atom stereocenters. The Morgan fingerprint density at radius 3 is 2.42 bits per heavy atom. The van der Waals surface area contributed by atoms with Crippen LogP contribution in [0.1, 0.15) is 5.56 Å². The van der Waals surface area contributed by atoms with Crippen molar-refractivity contribution in [2.45, 2.75) is 0 Å².